The summed E-state index contributed by atoms with van der Waals surface area (Å²) in [6.45, 7) is 1.84. The van der Waals surface area contributed by atoms with Gasteiger partial charge in [-0.2, -0.15) is 0 Å². The van der Waals surface area contributed by atoms with E-state index in [1.165, 1.54) is 6.08 Å². The molecule has 0 heterocycles. The first kappa shape index (κ1) is 19.2. The predicted molar refractivity (Wildman–Crippen MR) is 105 cm³/mol. The zero-order valence-corrected chi connectivity index (χ0v) is 16.3. The molecule has 2 N–H and O–H groups in total. The molecule has 0 aromatic heterocycles. The molecule has 0 aliphatic carbocycles. The summed E-state index contributed by atoms with van der Waals surface area (Å²) >= 11 is 3.43. The van der Waals surface area contributed by atoms with Gasteiger partial charge in [0.1, 0.15) is 0 Å². The lowest BCUT2D eigenvalue weighted by atomic mass is 10.1. The van der Waals surface area contributed by atoms with Crippen molar-refractivity contribution in [1.82, 2.24) is 5.32 Å². The Bertz CT molecular complexity index is 895. The molecule has 0 saturated carbocycles. The zero-order chi connectivity index (χ0) is 18.4. The van der Waals surface area contributed by atoms with Crippen LogP contribution < -0.4 is 10.0 Å². The van der Waals surface area contributed by atoms with Crippen LogP contribution in [0.25, 0.3) is 6.08 Å². The minimum absolute atomic E-state index is 0.232. The van der Waals surface area contributed by atoms with Crippen LogP contribution in [0, 0.1) is 0 Å². The number of nitrogens with one attached hydrogen (secondary N) is 2. The molecular weight excluding hydrogens is 404 g/mol. The number of amides is 1. The Morgan fingerprint density at radius 1 is 1.16 bits per heavy atom. The van der Waals surface area contributed by atoms with Crippen molar-refractivity contribution in [2.24, 2.45) is 0 Å². The molecule has 2 aromatic rings. The Hall–Kier alpha value is -2.12. The maximum atomic E-state index is 12.1. The van der Waals surface area contributed by atoms with E-state index in [2.05, 4.69) is 26.0 Å². The van der Waals surface area contributed by atoms with Gasteiger partial charge in [0, 0.05) is 16.2 Å². The van der Waals surface area contributed by atoms with Gasteiger partial charge in [0.25, 0.3) is 0 Å². The van der Waals surface area contributed by atoms with Gasteiger partial charge in [0.05, 0.1) is 12.3 Å². The van der Waals surface area contributed by atoms with Gasteiger partial charge in [-0.05, 0) is 42.3 Å². The van der Waals surface area contributed by atoms with Crippen molar-refractivity contribution in [3.63, 3.8) is 0 Å². The molecule has 132 valence electrons. The number of halogens is 1. The average Bonchev–Trinajstić information content (AvgIpc) is 2.52. The molecular formula is C18H19BrN2O3S. The molecule has 0 spiro atoms. The predicted octanol–water partition coefficient (Wildman–Crippen LogP) is 3.71. The van der Waals surface area contributed by atoms with Gasteiger partial charge in [-0.15, -0.1) is 0 Å². The van der Waals surface area contributed by atoms with Gasteiger partial charge in [0.15, 0.2) is 0 Å². The van der Waals surface area contributed by atoms with Gasteiger partial charge in [-0.1, -0.05) is 46.3 Å². The van der Waals surface area contributed by atoms with Gasteiger partial charge in [0.2, 0.25) is 15.9 Å². The monoisotopic (exact) mass is 422 g/mol. The van der Waals surface area contributed by atoms with Crippen LogP contribution in [0.1, 0.15) is 24.1 Å². The van der Waals surface area contributed by atoms with E-state index in [0.717, 1.165) is 21.9 Å². The smallest absolute Gasteiger partial charge is 0.244 e. The van der Waals surface area contributed by atoms with Crippen LogP contribution in [-0.4, -0.2) is 20.6 Å². The first-order valence-corrected chi connectivity index (χ1v) is 10.2. The van der Waals surface area contributed by atoms with Crippen molar-refractivity contribution >= 4 is 43.6 Å². The van der Waals surface area contributed by atoms with Gasteiger partial charge in [-0.25, -0.2) is 8.42 Å². The lowest BCUT2D eigenvalue weighted by Gasteiger charge is -2.14. The molecule has 5 nitrogen and oxygen atoms in total. The van der Waals surface area contributed by atoms with Crippen LogP contribution in [0.2, 0.25) is 0 Å². The molecule has 2 rings (SSSR count). The van der Waals surface area contributed by atoms with Gasteiger partial charge in [-0.3, -0.25) is 9.52 Å². The van der Waals surface area contributed by atoms with Crippen LogP contribution >= 0.6 is 15.9 Å². The van der Waals surface area contributed by atoms with Crippen molar-refractivity contribution in [2.45, 2.75) is 13.0 Å². The zero-order valence-electron chi connectivity index (χ0n) is 13.9. The Morgan fingerprint density at radius 2 is 1.88 bits per heavy atom. The van der Waals surface area contributed by atoms with E-state index in [9.17, 15) is 13.2 Å². The van der Waals surface area contributed by atoms with E-state index in [-0.39, 0.29) is 11.9 Å². The Kier molecular flexibility index (Phi) is 6.39. The lowest BCUT2D eigenvalue weighted by Crippen LogP contribution is -2.24. The summed E-state index contributed by atoms with van der Waals surface area (Å²) in [5.41, 5.74) is 2.17. The lowest BCUT2D eigenvalue weighted by molar-refractivity contribution is -0.117. The minimum Gasteiger partial charge on any atom is -0.346 e. The number of carbonyl (C=O) groups is 1. The fourth-order valence-electron chi connectivity index (χ4n) is 2.21. The SMILES string of the molecule is C[C@H](NC(=O)/C=C/c1ccccc1Br)c1cccc(NS(C)(=O)=O)c1. The quantitative estimate of drug-likeness (QED) is 0.696. The average molecular weight is 423 g/mol. The summed E-state index contributed by atoms with van der Waals surface area (Å²) in [4.78, 5) is 12.1. The fourth-order valence-corrected chi connectivity index (χ4v) is 3.18. The largest absolute Gasteiger partial charge is 0.346 e. The van der Waals surface area contributed by atoms with Crippen molar-refractivity contribution in [1.29, 1.82) is 0 Å². The second-order valence-electron chi connectivity index (χ2n) is 5.58. The normalized spacial score (nSPS) is 12.8. The van der Waals surface area contributed by atoms with Crippen molar-refractivity contribution in [3.8, 4) is 0 Å². The summed E-state index contributed by atoms with van der Waals surface area (Å²) in [5, 5.41) is 2.86. The summed E-state index contributed by atoms with van der Waals surface area (Å²) in [5.74, 6) is -0.232. The highest BCUT2D eigenvalue weighted by Crippen LogP contribution is 2.19. The van der Waals surface area contributed by atoms with Crippen molar-refractivity contribution < 1.29 is 13.2 Å². The third-order valence-corrected chi connectivity index (χ3v) is 4.70. The van der Waals surface area contributed by atoms with E-state index in [1.54, 1.807) is 24.3 Å². The standard InChI is InChI=1S/C18H19BrN2O3S/c1-13(15-7-5-8-16(12-15)21-25(2,23)24)20-18(22)11-10-14-6-3-4-9-17(14)19/h3-13,21H,1-2H3,(H,20,22)/b11-10+/t13-/m0/s1. The maximum absolute atomic E-state index is 12.1. The van der Waals surface area contributed by atoms with Crippen molar-refractivity contribution in [3.05, 3.63) is 70.2 Å². The second kappa shape index (κ2) is 8.31. The Morgan fingerprint density at radius 3 is 2.56 bits per heavy atom. The van der Waals surface area contributed by atoms with Crippen LogP contribution in [0.3, 0.4) is 0 Å². The van der Waals surface area contributed by atoms with E-state index in [1.807, 2.05) is 37.3 Å². The number of hydrogen-bond acceptors (Lipinski definition) is 3. The highest BCUT2D eigenvalue weighted by molar-refractivity contribution is 9.10. The van der Waals surface area contributed by atoms with Crippen LogP contribution in [0.5, 0.6) is 0 Å². The number of carbonyl (C=O) groups excluding carboxylic acids is 1. The molecule has 0 saturated heterocycles. The third kappa shape index (κ3) is 6.36. The molecule has 0 aliphatic heterocycles. The second-order valence-corrected chi connectivity index (χ2v) is 8.19. The highest BCUT2D eigenvalue weighted by Gasteiger charge is 2.09. The molecule has 1 amide bonds. The third-order valence-electron chi connectivity index (χ3n) is 3.37. The van der Waals surface area contributed by atoms with E-state index < -0.39 is 10.0 Å². The Labute approximate surface area is 156 Å². The Balaban J connectivity index is 2.04. The molecule has 2 aromatic carbocycles. The highest BCUT2D eigenvalue weighted by atomic mass is 79.9. The number of anilines is 1. The number of rotatable bonds is 6. The molecule has 25 heavy (non-hydrogen) atoms. The minimum atomic E-state index is -3.34. The van der Waals surface area contributed by atoms with Crippen LogP contribution in [0.4, 0.5) is 5.69 Å². The van der Waals surface area contributed by atoms with Gasteiger partial charge < -0.3 is 5.32 Å². The first-order valence-electron chi connectivity index (χ1n) is 7.55. The summed E-state index contributed by atoms with van der Waals surface area (Å²) in [7, 11) is -3.34. The molecule has 1 atom stereocenters. The van der Waals surface area contributed by atoms with Crippen molar-refractivity contribution in [2.75, 3.05) is 11.0 Å². The summed E-state index contributed by atoms with van der Waals surface area (Å²) in [6, 6.07) is 14.3. The summed E-state index contributed by atoms with van der Waals surface area (Å²) in [6.07, 6.45) is 4.29. The molecule has 0 bridgehead atoms. The molecule has 0 radical (unpaired) electrons. The molecule has 0 aliphatic rings. The topological polar surface area (TPSA) is 75.3 Å². The van der Waals surface area contributed by atoms with Crippen LogP contribution in [0.15, 0.2) is 59.1 Å². The van der Waals surface area contributed by atoms with E-state index in [0.29, 0.717) is 5.69 Å². The van der Waals surface area contributed by atoms with E-state index >= 15 is 0 Å². The number of hydrogen-bond donors (Lipinski definition) is 2. The summed E-state index contributed by atoms with van der Waals surface area (Å²) < 4.78 is 26.0. The van der Waals surface area contributed by atoms with E-state index in [4.69, 9.17) is 0 Å². The fraction of sp³-hybridized carbons (Fsp3) is 0.167. The molecule has 0 unspecified atom stereocenters. The molecule has 0 fully saturated rings. The molecule has 7 heteroatoms. The first-order chi connectivity index (χ1) is 11.7. The van der Waals surface area contributed by atoms with Crippen LogP contribution in [-0.2, 0) is 14.8 Å². The maximum Gasteiger partial charge on any atom is 0.244 e. The van der Waals surface area contributed by atoms with Gasteiger partial charge >= 0.3 is 0 Å². The number of sulfonamides is 1. The number of benzene rings is 2.